The van der Waals surface area contributed by atoms with Crippen LogP contribution in [0.3, 0.4) is 0 Å². The molecule has 1 aliphatic rings. The van der Waals surface area contributed by atoms with Crippen LogP contribution in [0.25, 0.3) is 0 Å². The normalized spacial score (nSPS) is 12.4. The fraction of sp³-hybridized carbons (Fsp3) is 0.308. The first kappa shape index (κ1) is 12.5. The topological polar surface area (TPSA) is 78.3 Å². The first-order chi connectivity index (χ1) is 9.70. The van der Waals surface area contributed by atoms with E-state index in [1.54, 1.807) is 13.2 Å². The zero-order chi connectivity index (χ0) is 13.9. The summed E-state index contributed by atoms with van der Waals surface area (Å²) in [5.74, 6) is 1.85. The monoisotopic (exact) mass is 274 g/mol. The van der Waals surface area contributed by atoms with Crippen molar-refractivity contribution in [1.29, 1.82) is 0 Å². The average molecular weight is 274 g/mol. The van der Waals surface area contributed by atoms with Crippen LogP contribution in [0.2, 0.25) is 0 Å². The molecule has 7 heteroatoms. The second-order valence-electron chi connectivity index (χ2n) is 4.51. The van der Waals surface area contributed by atoms with Gasteiger partial charge in [-0.1, -0.05) is 11.3 Å². The van der Waals surface area contributed by atoms with Gasteiger partial charge in [0.05, 0.1) is 6.20 Å². The van der Waals surface area contributed by atoms with Crippen molar-refractivity contribution in [3.05, 3.63) is 30.0 Å². The standard InChI is InChI=1S/C13H14N4O3/c1-17-7-12(15-16-17)14-13(18)5-3-9-2-4-10-11(6-9)20-8-19-10/h2,4,6-7H,3,5,8H2,1H3,(H,14,18). The Bertz CT molecular complexity index is 638. The highest BCUT2D eigenvalue weighted by Gasteiger charge is 2.13. The lowest BCUT2D eigenvalue weighted by atomic mass is 10.1. The summed E-state index contributed by atoms with van der Waals surface area (Å²) in [4.78, 5) is 11.8. The van der Waals surface area contributed by atoms with Gasteiger partial charge < -0.3 is 14.8 Å². The number of aromatic nitrogens is 3. The van der Waals surface area contributed by atoms with Gasteiger partial charge in [0.25, 0.3) is 0 Å². The van der Waals surface area contributed by atoms with Crippen LogP contribution in [0.15, 0.2) is 24.4 Å². The number of carbonyl (C=O) groups excluding carboxylic acids is 1. The van der Waals surface area contributed by atoms with Crippen LogP contribution in [0.5, 0.6) is 11.5 Å². The van der Waals surface area contributed by atoms with E-state index < -0.39 is 0 Å². The SMILES string of the molecule is Cn1cc(NC(=O)CCc2ccc3c(c2)OCO3)nn1. The molecule has 2 heterocycles. The number of aryl methyl sites for hydroxylation is 2. The number of carbonyl (C=O) groups is 1. The number of ether oxygens (including phenoxy) is 2. The number of fused-ring (bicyclic) bond motifs is 1. The summed E-state index contributed by atoms with van der Waals surface area (Å²) < 4.78 is 12.1. The van der Waals surface area contributed by atoms with Crippen molar-refractivity contribution in [2.24, 2.45) is 7.05 Å². The van der Waals surface area contributed by atoms with Gasteiger partial charge in [-0.05, 0) is 24.1 Å². The summed E-state index contributed by atoms with van der Waals surface area (Å²) >= 11 is 0. The predicted octanol–water partition coefficient (Wildman–Crippen LogP) is 1.12. The lowest BCUT2D eigenvalue weighted by molar-refractivity contribution is -0.116. The highest BCUT2D eigenvalue weighted by atomic mass is 16.7. The number of benzene rings is 1. The zero-order valence-electron chi connectivity index (χ0n) is 11.0. The van der Waals surface area contributed by atoms with Crippen molar-refractivity contribution in [2.45, 2.75) is 12.8 Å². The average Bonchev–Trinajstić information content (AvgIpc) is 3.04. The van der Waals surface area contributed by atoms with Gasteiger partial charge in [-0.15, -0.1) is 5.10 Å². The number of hydrogen-bond donors (Lipinski definition) is 1. The Labute approximate surface area is 115 Å². The zero-order valence-corrected chi connectivity index (χ0v) is 11.0. The van der Waals surface area contributed by atoms with Gasteiger partial charge in [0.15, 0.2) is 17.3 Å². The Kier molecular flexibility index (Phi) is 3.24. The summed E-state index contributed by atoms with van der Waals surface area (Å²) in [5, 5.41) is 10.2. The Morgan fingerprint density at radius 3 is 3.05 bits per heavy atom. The van der Waals surface area contributed by atoms with Gasteiger partial charge in [0, 0.05) is 13.5 Å². The third kappa shape index (κ3) is 2.71. The number of hydrogen-bond acceptors (Lipinski definition) is 5. The Morgan fingerprint density at radius 2 is 2.25 bits per heavy atom. The van der Waals surface area contributed by atoms with E-state index >= 15 is 0 Å². The quantitative estimate of drug-likeness (QED) is 0.903. The first-order valence-electron chi connectivity index (χ1n) is 6.25. The summed E-state index contributed by atoms with van der Waals surface area (Å²) in [6.45, 7) is 0.256. The van der Waals surface area contributed by atoms with Crippen molar-refractivity contribution in [3.8, 4) is 11.5 Å². The largest absolute Gasteiger partial charge is 0.454 e. The maximum atomic E-state index is 11.8. The molecule has 0 spiro atoms. The van der Waals surface area contributed by atoms with Crippen LogP contribution in [-0.2, 0) is 18.3 Å². The van der Waals surface area contributed by atoms with Crippen molar-refractivity contribution in [3.63, 3.8) is 0 Å². The molecule has 1 N–H and O–H groups in total. The fourth-order valence-corrected chi connectivity index (χ4v) is 1.96. The van der Waals surface area contributed by atoms with Crippen molar-refractivity contribution >= 4 is 11.7 Å². The second kappa shape index (κ2) is 5.20. The maximum Gasteiger partial charge on any atom is 0.231 e. The van der Waals surface area contributed by atoms with Gasteiger partial charge in [0.1, 0.15) is 0 Å². The van der Waals surface area contributed by atoms with Gasteiger partial charge in [-0.3, -0.25) is 9.48 Å². The van der Waals surface area contributed by atoms with Crippen LogP contribution < -0.4 is 14.8 Å². The molecule has 0 radical (unpaired) electrons. The van der Waals surface area contributed by atoms with E-state index in [1.807, 2.05) is 18.2 Å². The van der Waals surface area contributed by atoms with Crippen molar-refractivity contribution in [2.75, 3.05) is 12.1 Å². The number of nitrogens with zero attached hydrogens (tertiary/aromatic N) is 3. The minimum atomic E-state index is -0.0943. The van der Waals surface area contributed by atoms with Crippen LogP contribution in [-0.4, -0.2) is 27.7 Å². The smallest absolute Gasteiger partial charge is 0.231 e. The molecule has 1 aliphatic heterocycles. The maximum absolute atomic E-state index is 11.8. The minimum Gasteiger partial charge on any atom is -0.454 e. The molecule has 0 saturated carbocycles. The molecule has 3 rings (SSSR count). The van der Waals surface area contributed by atoms with Gasteiger partial charge in [-0.2, -0.15) is 0 Å². The molecule has 0 fully saturated rings. The van der Waals surface area contributed by atoms with E-state index in [0.29, 0.717) is 18.7 Å². The van der Waals surface area contributed by atoms with Crippen LogP contribution in [0, 0.1) is 0 Å². The van der Waals surface area contributed by atoms with Crippen molar-refractivity contribution in [1.82, 2.24) is 15.0 Å². The molecule has 0 unspecified atom stereocenters. The van der Waals surface area contributed by atoms with E-state index in [4.69, 9.17) is 9.47 Å². The summed E-state index contributed by atoms with van der Waals surface area (Å²) in [6, 6.07) is 5.69. The lowest BCUT2D eigenvalue weighted by Gasteiger charge is -2.03. The third-order valence-corrected chi connectivity index (χ3v) is 2.95. The Balaban J connectivity index is 1.55. The number of amides is 1. The molecule has 0 aliphatic carbocycles. The summed E-state index contributed by atoms with van der Waals surface area (Å²) in [5.41, 5.74) is 1.03. The van der Waals surface area contributed by atoms with E-state index in [0.717, 1.165) is 17.1 Å². The molecule has 0 atom stereocenters. The Morgan fingerprint density at radius 1 is 1.40 bits per heavy atom. The van der Waals surface area contributed by atoms with Crippen LogP contribution >= 0.6 is 0 Å². The highest BCUT2D eigenvalue weighted by molar-refractivity contribution is 5.89. The second-order valence-corrected chi connectivity index (χ2v) is 4.51. The minimum absolute atomic E-state index is 0.0943. The Hall–Kier alpha value is -2.57. The van der Waals surface area contributed by atoms with Crippen molar-refractivity contribution < 1.29 is 14.3 Å². The highest BCUT2D eigenvalue weighted by Crippen LogP contribution is 2.32. The van der Waals surface area contributed by atoms with E-state index in [-0.39, 0.29) is 12.7 Å². The van der Waals surface area contributed by atoms with Gasteiger partial charge in [-0.25, -0.2) is 0 Å². The molecule has 1 aromatic carbocycles. The van der Waals surface area contributed by atoms with E-state index in [9.17, 15) is 4.79 Å². The molecule has 0 bridgehead atoms. The molecule has 0 saturated heterocycles. The van der Waals surface area contributed by atoms with E-state index in [2.05, 4.69) is 15.6 Å². The third-order valence-electron chi connectivity index (χ3n) is 2.95. The molecule has 7 nitrogen and oxygen atoms in total. The molecular formula is C13H14N4O3. The summed E-state index contributed by atoms with van der Waals surface area (Å²) in [6.07, 6.45) is 2.65. The van der Waals surface area contributed by atoms with Crippen LogP contribution in [0.4, 0.5) is 5.82 Å². The number of nitrogens with one attached hydrogen (secondary N) is 1. The van der Waals surface area contributed by atoms with Gasteiger partial charge in [0.2, 0.25) is 12.7 Å². The number of rotatable bonds is 4. The molecule has 20 heavy (non-hydrogen) atoms. The summed E-state index contributed by atoms with van der Waals surface area (Å²) in [7, 11) is 1.75. The molecule has 104 valence electrons. The number of anilines is 1. The van der Waals surface area contributed by atoms with Crippen LogP contribution in [0.1, 0.15) is 12.0 Å². The molecule has 1 amide bonds. The molecule has 2 aromatic rings. The fourth-order valence-electron chi connectivity index (χ4n) is 1.96. The van der Waals surface area contributed by atoms with E-state index in [1.165, 1.54) is 4.68 Å². The molecular weight excluding hydrogens is 260 g/mol. The predicted molar refractivity (Wildman–Crippen MR) is 70.5 cm³/mol. The lowest BCUT2D eigenvalue weighted by Crippen LogP contribution is -2.12. The van der Waals surface area contributed by atoms with Gasteiger partial charge >= 0.3 is 0 Å². The first-order valence-corrected chi connectivity index (χ1v) is 6.25. The molecule has 1 aromatic heterocycles.